The van der Waals surface area contributed by atoms with Gasteiger partial charge in [0.15, 0.2) is 0 Å². The molecule has 1 aromatic carbocycles. The van der Waals surface area contributed by atoms with Crippen molar-refractivity contribution in [2.45, 2.75) is 25.4 Å². The van der Waals surface area contributed by atoms with Crippen molar-refractivity contribution in [1.29, 1.82) is 0 Å². The number of hydrogen-bond donors (Lipinski definition) is 1. The zero-order chi connectivity index (χ0) is 11.7. The van der Waals surface area contributed by atoms with E-state index in [0.717, 1.165) is 24.4 Å². The Morgan fingerprint density at radius 2 is 1.76 bits per heavy atom. The van der Waals surface area contributed by atoms with Crippen LogP contribution in [0.1, 0.15) is 18.4 Å². The summed E-state index contributed by atoms with van der Waals surface area (Å²) in [5, 5.41) is 3.51. The quantitative estimate of drug-likeness (QED) is 0.855. The predicted molar refractivity (Wildman–Crippen MR) is 70.8 cm³/mol. The first-order chi connectivity index (χ1) is 8.33. The van der Waals surface area contributed by atoms with Crippen LogP contribution in [0.25, 0.3) is 0 Å². The molecule has 1 aliphatic carbocycles. The highest BCUT2D eigenvalue weighted by molar-refractivity contribution is 5.14. The highest BCUT2D eigenvalue weighted by atomic mass is 15.1. The Morgan fingerprint density at radius 1 is 1.12 bits per heavy atom. The normalized spacial score (nSPS) is 32.0. The molecule has 1 N–H and O–H groups in total. The van der Waals surface area contributed by atoms with Crippen LogP contribution in [0.3, 0.4) is 0 Å². The molecule has 1 aromatic rings. The van der Waals surface area contributed by atoms with Crippen molar-refractivity contribution in [3.8, 4) is 0 Å². The van der Waals surface area contributed by atoms with Crippen LogP contribution in [0.4, 0.5) is 0 Å². The Hall–Kier alpha value is -0.860. The van der Waals surface area contributed by atoms with Gasteiger partial charge in [-0.15, -0.1) is 0 Å². The average Bonchev–Trinajstić information content (AvgIpc) is 2.90. The van der Waals surface area contributed by atoms with E-state index in [1.165, 1.54) is 31.5 Å². The summed E-state index contributed by atoms with van der Waals surface area (Å²) in [5.41, 5.74) is 1.44. The molecule has 0 bridgehead atoms. The van der Waals surface area contributed by atoms with Gasteiger partial charge in [-0.25, -0.2) is 0 Å². The summed E-state index contributed by atoms with van der Waals surface area (Å²) in [6.07, 6.45) is 2.78. The van der Waals surface area contributed by atoms with Crippen LogP contribution in [-0.2, 0) is 6.54 Å². The monoisotopic (exact) mass is 230 g/mol. The molecule has 2 fully saturated rings. The largest absolute Gasteiger partial charge is 0.316 e. The van der Waals surface area contributed by atoms with Gasteiger partial charge < -0.3 is 5.32 Å². The molecule has 0 radical (unpaired) electrons. The second kappa shape index (κ2) is 4.79. The van der Waals surface area contributed by atoms with E-state index >= 15 is 0 Å². The van der Waals surface area contributed by atoms with E-state index in [9.17, 15) is 0 Å². The Kier molecular flexibility index (Phi) is 3.17. The summed E-state index contributed by atoms with van der Waals surface area (Å²) >= 11 is 0. The molecule has 0 amide bonds. The zero-order valence-corrected chi connectivity index (χ0v) is 10.6. The van der Waals surface area contributed by atoms with Crippen LogP contribution in [0, 0.1) is 11.8 Å². The molecule has 2 aliphatic rings. The van der Waals surface area contributed by atoms with Gasteiger partial charge in [0.2, 0.25) is 0 Å². The number of hydrogen-bond acceptors (Lipinski definition) is 2. The van der Waals surface area contributed by atoms with Gasteiger partial charge in [0.25, 0.3) is 0 Å². The fourth-order valence-electron chi connectivity index (χ4n) is 3.49. The number of rotatable bonds is 3. The lowest BCUT2D eigenvalue weighted by atomic mass is 10.0. The Labute approximate surface area is 104 Å². The number of benzene rings is 1. The molecule has 92 valence electrons. The van der Waals surface area contributed by atoms with E-state index < -0.39 is 0 Å². The van der Waals surface area contributed by atoms with E-state index in [0.29, 0.717) is 0 Å². The van der Waals surface area contributed by atoms with Crippen molar-refractivity contribution in [1.82, 2.24) is 10.2 Å². The van der Waals surface area contributed by atoms with Gasteiger partial charge in [0.1, 0.15) is 0 Å². The molecular formula is C15H22N2. The third-order valence-electron chi connectivity index (χ3n) is 4.53. The van der Waals surface area contributed by atoms with Crippen molar-refractivity contribution in [2.24, 2.45) is 11.8 Å². The molecule has 3 rings (SSSR count). The van der Waals surface area contributed by atoms with Gasteiger partial charge in [-0.2, -0.15) is 0 Å². The number of fused-ring (bicyclic) bond motifs is 1. The maximum absolute atomic E-state index is 3.51. The van der Waals surface area contributed by atoms with Crippen molar-refractivity contribution in [3.05, 3.63) is 35.9 Å². The van der Waals surface area contributed by atoms with Gasteiger partial charge in [-0.3, -0.25) is 4.90 Å². The fraction of sp³-hybridized carbons (Fsp3) is 0.600. The van der Waals surface area contributed by atoms with E-state index in [4.69, 9.17) is 0 Å². The van der Waals surface area contributed by atoms with Gasteiger partial charge in [0.05, 0.1) is 0 Å². The van der Waals surface area contributed by atoms with Crippen molar-refractivity contribution < 1.29 is 0 Å². The van der Waals surface area contributed by atoms with E-state index in [-0.39, 0.29) is 0 Å². The standard InChI is InChI=1S/C15H22N2/c1-17(11-12-5-3-2-4-6-12)15-7-13-9-16-10-14(13)8-15/h2-6,13-16H,7-11H2,1H3. The van der Waals surface area contributed by atoms with Gasteiger partial charge in [-0.05, 0) is 50.4 Å². The van der Waals surface area contributed by atoms with Gasteiger partial charge >= 0.3 is 0 Å². The maximum Gasteiger partial charge on any atom is 0.0233 e. The molecule has 17 heavy (non-hydrogen) atoms. The van der Waals surface area contributed by atoms with Crippen LogP contribution in [-0.4, -0.2) is 31.1 Å². The molecule has 1 saturated heterocycles. The predicted octanol–water partition coefficient (Wildman–Crippen LogP) is 2.12. The van der Waals surface area contributed by atoms with Crippen LogP contribution >= 0.6 is 0 Å². The second-order valence-electron chi connectivity index (χ2n) is 5.70. The first-order valence-electron chi connectivity index (χ1n) is 6.78. The topological polar surface area (TPSA) is 15.3 Å². The summed E-state index contributed by atoms with van der Waals surface area (Å²) in [6.45, 7) is 3.60. The SMILES string of the molecule is CN(Cc1ccccc1)C1CC2CNCC2C1. The molecule has 2 nitrogen and oxygen atoms in total. The van der Waals surface area contributed by atoms with Gasteiger partial charge in [0, 0.05) is 12.6 Å². The minimum absolute atomic E-state index is 0.798. The summed E-state index contributed by atoms with van der Waals surface area (Å²) in [4.78, 5) is 2.55. The lowest BCUT2D eigenvalue weighted by Gasteiger charge is -2.25. The molecular weight excluding hydrogens is 208 g/mol. The first kappa shape index (κ1) is 11.2. The summed E-state index contributed by atoms with van der Waals surface area (Å²) in [6, 6.07) is 11.6. The Balaban J connectivity index is 1.58. The minimum Gasteiger partial charge on any atom is -0.316 e. The smallest absolute Gasteiger partial charge is 0.0233 e. The molecule has 0 spiro atoms. The molecule has 2 heteroatoms. The lowest BCUT2D eigenvalue weighted by Crippen LogP contribution is -2.30. The third-order valence-corrected chi connectivity index (χ3v) is 4.53. The third kappa shape index (κ3) is 2.38. The number of nitrogens with zero attached hydrogens (tertiary/aromatic N) is 1. The van der Waals surface area contributed by atoms with Gasteiger partial charge in [-0.1, -0.05) is 30.3 Å². The van der Waals surface area contributed by atoms with Crippen LogP contribution < -0.4 is 5.32 Å². The Morgan fingerprint density at radius 3 is 2.41 bits per heavy atom. The summed E-state index contributed by atoms with van der Waals surface area (Å²) in [5.74, 6) is 1.89. The maximum atomic E-state index is 3.51. The Bertz CT molecular complexity index is 350. The van der Waals surface area contributed by atoms with E-state index in [1.54, 1.807) is 0 Å². The van der Waals surface area contributed by atoms with E-state index in [1.807, 2.05) is 0 Å². The molecule has 0 aromatic heterocycles. The molecule has 1 aliphatic heterocycles. The van der Waals surface area contributed by atoms with Crippen molar-refractivity contribution >= 4 is 0 Å². The molecule has 2 unspecified atom stereocenters. The minimum atomic E-state index is 0.798. The lowest BCUT2D eigenvalue weighted by molar-refractivity contribution is 0.227. The summed E-state index contributed by atoms with van der Waals surface area (Å²) < 4.78 is 0. The average molecular weight is 230 g/mol. The highest BCUT2D eigenvalue weighted by Gasteiger charge is 2.38. The van der Waals surface area contributed by atoms with Crippen LogP contribution in [0.2, 0.25) is 0 Å². The second-order valence-corrected chi connectivity index (χ2v) is 5.70. The fourth-order valence-corrected chi connectivity index (χ4v) is 3.49. The molecule has 2 atom stereocenters. The van der Waals surface area contributed by atoms with Crippen molar-refractivity contribution in [2.75, 3.05) is 20.1 Å². The van der Waals surface area contributed by atoms with E-state index in [2.05, 4.69) is 47.6 Å². The first-order valence-corrected chi connectivity index (χ1v) is 6.78. The zero-order valence-electron chi connectivity index (χ0n) is 10.6. The van der Waals surface area contributed by atoms with Crippen LogP contribution in [0.15, 0.2) is 30.3 Å². The molecule has 1 heterocycles. The van der Waals surface area contributed by atoms with Crippen molar-refractivity contribution in [3.63, 3.8) is 0 Å². The van der Waals surface area contributed by atoms with Crippen LogP contribution in [0.5, 0.6) is 0 Å². The summed E-state index contributed by atoms with van der Waals surface area (Å²) in [7, 11) is 2.28. The highest BCUT2D eigenvalue weighted by Crippen LogP contribution is 2.36. The number of nitrogens with one attached hydrogen (secondary N) is 1. The molecule has 1 saturated carbocycles.